The third-order valence-corrected chi connectivity index (χ3v) is 2.55. The number of aryl methyl sites for hydroxylation is 2. The van der Waals surface area contributed by atoms with Gasteiger partial charge >= 0.3 is 5.97 Å². The van der Waals surface area contributed by atoms with E-state index < -0.39 is 0 Å². The first kappa shape index (κ1) is 12.4. The van der Waals surface area contributed by atoms with Gasteiger partial charge in [-0.2, -0.15) is 0 Å². The fourth-order valence-corrected chi connectivity index (χ4v) is 1.66. The first-order valence-electron chi connectivity index (χ1n) is 5.80. The number of rotatable bonds is 4. The summed E-state index contributed by atoms with van der Waals surface area (Å²) >= 11 is 0. The third-order valence-electron chi connectivity index (χ3n) is 2.55. The molecule has 2 aromatic carbocycles. The van der Waals surface area contributed by atoms with E-state index in [9.17, 15) is 4.79 Å². The molecule has 2 rings (SSSR count). The van der Waals surface area contributed by atoms with Crippen LogP contribution in [0.5, 0.6) is 5.75 Å². The highest BCUT2D eigenvalue weighted by Crippen LogP contribution is 2.14. The van der Waals surface area contributed by atoms with Crippen molar-refractivity contribution in [2.24, 2.45) is 0 Å². The quantitative estimate of drug-likeness (QED) is 0.603. The molecule has 0 unspecified atom stereocenters. The average Bonchev–Trinajstić information content (AvgIpc) is 2.38. The molecule has 0 aliphatic rings. The number of benzene rings is 2. The molecule has 0 amide bonds. The molecule has 0 heterocycles. The van der Waals surface area contributed by atoms with Crippen molar-refractivity contribution in [2.45, 2.75) is 19.8 Å². The third kappa shape index (κ3) is 3.74. The number of ether oxygens (including phenoxy) is 1. The summed E-state index contributed by atoms with van der Waals surface area (Å²) in [5, 5.41) is 0. The molecule has 0 saturated heterocycles. The molecule has 0 atom stereocenters. The van der Waals surface area contributed by atoms with Gasteiger partial charge in [-0.3, -0.25) is 4.79 Å². The summed E-state index contributed by atoms with van der Waals surface area (Å²) in [4.78, 5) is 10.8. The van der Waals surface area contributed by atoms with Crippen LogP contribution in [0.25, 0.3) is 0 Å². The molecular weight excluding hydrogens is 224 g/mol. The zero-order valence-electron chi connectivity index (χ0n) is 10.2. The van der Waals surface area contributed by atoms with Crippen LogP contribution in [-0.2, 0) is 17.6 Å². The summed E-state index contributed by atoms with van der Waals surface area (Å²) in [5.74, 6) is 0.289. The molecule has 0 saturated carbocycles. The fraction of sp³-hybridized carbons (Fsp3) is 0.188. The van der Waals surface area contributed by atoms with Crippen molar-refractivity contribution >= 4 is 5.97 Å². The lowest BCUT2D eigenvalue weighted by Crippen LogP contribution is -2.01. The van der Waals surface area contributed by atoms with E-state index in [-0.39, 0.29) is 5.97 Å². The highest BCUT2D eigenvalue weighted by Gasteiger charge is 1.99. The number of hydrogen-bond donors (Lipinski definition) is 0. The monoisotopic (exact) mass is 237 g/mol. The SMILES string of the molecule is CC(=O)Oc1ccc(CCc2c[c][c][c]c2)cc1. The maximum Gasteiger partial charge on any atom is 0.308 e. The second kappa shape index (κ2) is 6.01. The van der Waals surface area contributed by atoms with E-state index in [1.807, 2.05) is 36.4 Å². The van der Waals surface area contributed by atoms with E-state index in [0.717, 1.165) is 12.8 Å². The molecule has 18 heavy (non-hydrogen) atoms. The maximum absolute atomic E-state index is 10.8. The number of carbonyl (C=O) groups excluding carboxylic acids is 1. The van der Waals surface area contributed by atoms with Crippen LogP contribution in [0, 0.1) is 18.2 Å². The number of esters is 1. The number of hydrogen-bond acceptors (Lipinski definition) is 2. The second-order valence-corrected chi connectivity index (χ2v) is 4.01. The minimum atomic E-state index is -0.297. The van der Waals surface area contributed by atoms with Crippen molar-refractivity contribution in [1.29, 1.82) is 0 Å². The van der Waals surface area contributed by atoms with Crippen LogP contribution >= 0.6 is 0 Å². The van der Waals surface area contributed by atoms with Gasteiger partial charge in [-0.15, -0.1) is 0 Å². The molecular formula is C16H13O2. The van der Waals surface area contributed by atoms with Gasteiger partial charge in [0.05, 0.1) is 0 Å². The molecule has 2 heteroatoms. The Labute approximate surface area is 107 Å². The molecule has 0 spiro atoms. The molecule has 0 aromatic heterocycles. The van der Waals surface area contributed by atoms with E-state index in [1.54, 1.807) is 0 Å². The van der Waals surface area contributed by atoms with E-state index in [0.29, 0.717) is 5.75 Å². The Morgan fingerprint density at radius 1 is 1.06 bits per heavy atom. The molecule has 3 radical (unpaired) electrons. The van der Waals surface area contributed by atoms with Crippen LogP contribution in [0.4, 0.5) is 0 Å². The van der Waals surface area contributed by atoms with Gasteiger partial charge in [0.15, 0.2) is 0 Å². The summed E-state index contributed by atoms with van der Waals surface area (Å²) in [7, 11) is 0. The Morgan fingerprint density at radius 2 is 1.67 bits per heavy atom. The zero-order chi connectivity index (χ0) is 12.8. The predicted molar refractivity (Wildman–Crippen MR) is 68.1 cm³/mol. The van der Waals surface area contributed by atoms with Crippen LogP contribution in [0.15, 0.2) is 36.4 Å². The van der Waals surface area contributed by atoms with Crippen molar-refractivity contribution in [3.8, 4) is 5.75 Å². The van der Waals surface area contributed by atoms with Crippen molar-refractivity contribution in [2.75, 3.05) is 0 Å². The Hall–Kier alpha value is -2.09. The van der Waals surface area contributed by atoms with Gasteiger partial charge in [0.25, 0.3) is 0 Å². The van der Waals surface area contributed by atoms with Crippen LogP contribution < -0.4 is 4.74 Å². The standard InChI is InChI=1S/C16H13O2/c1-13(17)18-16-11-9-15(10-12-16)8-7-14-5-3-2-4-6-14/h5-6,9-12H,7-8H2,1H3. The number of carbonyl (C=O) groups is 1. The van der Waals surface area contributed by atoms with Crippen LogP contribution in [-0.4, -0.2) is 5.97 Å². The van der Waals surface area contributed by atoms with Crippen LogP contribution in [0.3, 0.4) is 0 Å². The van der Waals surface area contributed by atoms with Gasteiger partial charge in [-0.05, 0) is 54.3 Å². The van der Waals surface area contributed by atoms with E-state index in [1.165, 1.54) is 18.1 Å². The van der Waals surface area contributed by atoms with Crippen LogP contribution in [0.1, 0.15) is 18.1 Å². The molecule has 2 nitrogen and oxygen atoms in total. The lowest BCUT2D eigenvalue weighted by Gasteiger charge is -2.04. The average molecular weight is 237 g/mol. The normalized spacial score (nSPS) is 10.1. The summed E-state index contributed by atoms with van der Waals surface area (Å²) in [6.45, 7) is 1.40. The first-order chi connectivity index (χ1) is 8.74. The minimum absolute atomic E-state index is 0.297. The van der Waals surface area contributed by atoms with Crippen molar-refractivity contribution in [3.05, 3.63) is 65.7 Å². The first-order valence-corrected chi connectivity index (χ1v) is 5.80. The Balaban J connectivity index is 1.92. The molecule has 0 bridgehead atoms. The Morgan fingerprint density at radius 3 is 2.28 bits per heavy atom. The molecule has 0 aliphatic carbocycles. The lowest BCUT2D eigenvalue weighted by atomic mass is 10.0. The fourth-order valence-electron chi connectivity index (χ4n) is 1.66. The highest BCUT2D eigenvalue weighted by atomic mass is 16.5. The highest BCUT2D eigenvalue weighted by molar-refractivity contribution is 5.69. The van der Waals surface area contributed by atoms with E-state index in [2.05, 4.69) is 18.2 Å². The minimum Gasteiger partial charge on any atom is -0.427 e. The molecule has 0 N–H and O–H groups in total. The van der Waals surface area contributed by atoms with Crippen LogP contribution in [0.2, 0.25) is 0 Å². The van der Waals surface area contributed by atoms with Gasteiger partial charge in [0, 0.05) is 6.92 Å². The van der Waals surface area contributed by atoms with Gasteiger partial charge in [-0.1, -0.05) is 24.3 Å². The van der Waals surface area contributed by atoms with Crippen molar-refractivity contribution in [1.82, 2.24) is 0 Å². The molecule has 0 fully saturated rings. The zero-order valence-corrected chi connectivity index (χ0v) is 10.2. The summed E-state index contributed by atoms with van der Waals surface area (Å²) in [6.07, 6.45) is 1.88. The van der Waals surface area contributed by atoms with Crippen molar-refractivity contribution < 1.29 is 9.53 Å². The second-order valence-electron chi connectivity index (χ2n) is 4.01. The summed E-state index contributed by atoms with van der Waals surface area (Å²) in [6, 6.07) is 20.0. The molecule has 89 valence electrons. The van der Waals surface area contributed by atoms with Gasteiger partial charge in [-0.25, -0.2) is 0 Å². The lowest BCUT2D eigenvalue weighted by molar-refractivity contribution is -0.131. The van der Waals surface area contributed by atoms with E-state index >= 15 is 0 Å². The van der Waals surface area contributed by atoms with E-state index in [4.69, 9.17) is 4.74 Å². The molecule has 2 aromatic rings. The van der Waals surface area contributed by atoms with Gasteiger partial charge < -0.3 is 4.74 Å². The molecule has 0 aliphatic heterocycles. The Bertz CT molecular complexity index is 500. The Kier molecular flexibility index (Phi) is 4.13. The summed E-state index contributed by atoms with van der Waals surface area (Å²) in [5.41, 5.74) is 2.40. The predicted octanol–water partition coefficient (Wildman–Crippen LogP) is 2.80. The summed E-state index contributed by atoms with van der Waals surface area (Å²) < 4.78 is 4.98. The smallest absolute Gasteiger partial charge is 0.308 e. The van der Waals surface area contributed by atoms with Gasteiger partial charge in [0.2, 0.25) is 0 Å². The maximum atomic E-state index is 10.8. The van der Waals surface area contributed by atoms with Gasteiger partial charge in [0.1, 0.15) is 5.75 Å². The largest absolute Gasteiger partial charge is 0.427 e. The van der Waals surface area contributed by atoms with Crippen molar-refractivity contribution in [3.63, 3.8) is 0 Å². The topological polar surface area (TPSA) is 26.3 Å².